The van der Waals surface area contributed by atoms with E-state index < -0.39 is 11.9 Å². The summed E-state index contributed by atoms with van der Waals surface area (Å²) in [6.07, 6.45) is 0.933. The number of H-pyrrole nitrogens is 1. The third kappa shape index (κ3) is 4.07. The number of aliphatic carboxylic acids is 2. The number of carboxylic acids is 2. The molecule has 0 atom stereocenters. The van der Waals surface area contributed by atoms with E-state index in [1.54, 1.807) is 0 Å². The van der Waals surface area contributed by atoms with Crippen LogP contribution in [0.3, 0.4) is 0 Å². The van der Waals surface area contributed by atoms with Crippen LogP contribution in [0.1, 0.15) is 11.3 Å². The van der Waals surface area contributed by atoms with Crippen molar-refractivity contribution < 1.29 is 19.8 Å². The molecule has 6 nitrogen and oxygen atoms in total. The van der Waals surface area contributed by atoms with Gasteiger partial charge in [0.1, 0.15) is 0 Å². The summed E-state index contributed by atoms with van der Waals surface area (Å²) in [5, 5.41) is 16.1. The molecule has 0 unspecified atom stereocenters. The fourth-order valence-corrected chi connectivity index (χ4v) is 2.18. The molecule has 1 aromatic heterocycles. The molecule has 108 valence electrons. The van der Waals surface area contributed by atoms with Crippen LogP contribution in [0.25, 0.3) is 10.9 Å². The van der Waals surface area contributed by atoms with E-state index in [0.717, 1.165) is 10.9 Å². The molecule has 0 saturated heterocycles. The Bertz CT molecular complexity index is 625. The number of nitrogens with two attached hydrogens (primary N) is 1. The maximum absolute atomic E-state index is 9.10. The molecule has 0 aliphatic heterocycles. The molecule has 2 aromatic rings. The lowest BCUT2D eigenvalue weighted by Gasteiger charge is -1.98. The average molecular weight is 343 g/mol. The van der Waals surface area contributed by atoms with Gasteiger partial charge < -0.3 is 20.9 Å². The minimum Gasteiger partial charge on any atom is -0.473 e. The number of aryl methyl sites for hydroxylation is 1. The van der Waals surface area contributed by atoms with Gasteiger partial charge in [0.05, 0.1) is 0 Å². The van der Waals surface area contributed by atoms with Gasteiger partial charge in [-0.05, 0) is 43.7 Å². The molecule has 0 saturated carbocycles. The Morgan fingerprint density at radius 1 is 1.30 bits per heavy atom. The number of benzene rings is 1. The fraction of sp³-hybridized carbons (Fsp3) is 0.231. The molecule has 0 spiro atoms. The number of hydrogen-bond donors (Lipinski definition) is 4. The van der Waals surface area contributed by atoms with Crippen LogP contribution >= 0.6 is 15.9 Å². The third-order valence-corrected chi connectivity index (χ3v) is 3.15. The Morgan fingerprint density at radius 3 is 2.40 bits per heavy atom. The topological polar surface area (TPSA) is 116 Å². The fourth-order valence-electron chi connectivity index (χ4n) is 1.82. The van der Waals surface area contributed by atoms with E-state index in [0.29, 0.717) is 6.54 Å². The van der Waals surface area contributed by atoms with Gasteiger partial charge in [0, 0.05) is 21.1 Å². The number of hydrogen-bond acceptors (Lipinski definition) is 3. The molecule has 1 heterocycles. The van der Waals surface area contributed by atoms with Crippen LogP contribution in [0.2, 0.25) is 0 Å². The van der Waals surface area contributed by atoms with Crippen LogP contribution in [-0.4, -0.2) is 33.7 Å². The number of aromatic nitrogens is 1. The molecule has 20 heavy (non-hydrogen) atoms. The average Bonchev–Trinajstić information content (AvgIpc) is 2.67. The molecular weight excluding hydrogens is 328 g/mol. The van der Waals surface area contributed by atoms with Crippen molar-refractivity contribution >= 4 is 38.8 Å². The normalized spacial score (nSPS) is 9.95. The number of carbonyl (C=O) groups is 2. The quantitative estimate of drug-likeness (QED) is 0.622. The van der Waals surface area contributed by atoms with Crippen LogP contribution < -0.4 is 5.73 Å². The smallest absolute Gasteiger partial charge is 0.414 e. The van der Waals surface area contributed by atoms with E-state index in [4.69, 9.17) is 25.5 Å². The monoisotopic (exact) mass is 342 g/mol. The highest BCUT2D eigenvalue weighted by atomic mass is 79.9. The van der Waals surface area contributed by atoms with Gasteiger partial charge in [-0.1, -0.05) is 15.9 Å². The van der Waals surface area contributed by atoms with Gasteiger partial charge in [-0.15, -0.1) is 0 Å². The summed E-state index contributed by atoms with van der Waals surface area (Å²) in [5.74, 6) is -3.65. The predicted octanol–water partition coefficient (Wildman–Crippen LogP) is 1.90. The molecule has 0 bridgehead atoms. The minimum absolute atomic E-state index is 0.695. The van der Waals surface area contributed by atoms with E-state index >= 15 is 0 Å². The highest BCUT2D eigenvalue weighted by Crippen LogP contribution is 2.25. The molecule has 7 heteroatoms. The summed E-state index contributed by atoms with van der Waals surface area (Å²) in [6.45, 7) is 2.79. The van der Waals surface area contributed by atoms with Crippen molar-refractivity contribution in [1.82, 2.24) is 4.98 Å². The van der Waals surface area contributed by atoms with E-state index in [1.807, 2.05) is 6.07 Å². The Balaban J connectivity index is 0.000000286. The lowest BCUT2D eigenvalue weighted by molar-refractivity contribution is -0.159. The number of carboxylic acid groups (broad SMARTS) is 2. The van der Waals surface area contributed by atoms with Crippen LogP contribution in [0.4, 0.5) is 0 Å². The Hall–Kier alpha value is -1.86. The molecule has 2 rings (SSSR count). The zero-order valence-corrected chi connectivity index (χ0v) is 12.4. The molecule has 0 fully saturated rings. The summed E-state index contributed by atoms with van der Waals surface area (Å²) in [7, 11) is 0. The molecule has 1 aromatic carbocycles. The van der Waals surface area contributed by atoms with Crippen LogP contribution in [0, 0.1) is 6.92 Å². The van der Waals surface area contributed by atoms with Crippen molar-refractivity contribution in [1.29, 1.82) is 0 Å². The number of aromatic amines is 1. The van der Waals surface area contributed by atoms with Gasteiger partial charge in [-0.2, -0.15) is 0 Å². The van der Waals surface area contributed by atoms with Crippen molar-refractivity contribution in [3.63, 3.8) is 0 Å². The number of rotatable bonds is 2. The number of fused-ring (bicyclic) bond motifs is 1. The van der Waals surface area contributed by atoms with Crippen molar-refractivity contribution in [3.05, 3.63) is 33.9 Å². The zero-order chi connectivity index (χ0) is 15.3. The maximum Gasteiger partial charge on any atom is 0.414 e. The van der Waals surface area contributed by atoms with E-state index in [9.17, 15) is 0 Å². The summed E-state index contributed by atoms with van der Waals surface area (Å²) in [6, 6.07) is 6.28. The third-order valence-electron chi connectivity index (χ3n) is 2.66. The maximum atomic E-state index is 9.10. The van der Waals surface area contributed by atoms with Gasteiger partial charge in [-0.25, -0.2) is 9.59 Å². The first-order valence-electron chi connectivity index (χ1n) is 5.79. The summed E-state index contributed by atoms with van der Waals surface area (Å²) < 4.78 is 1.11. The molecule has 0 aliphatic rings. The van der Waals surface area contributed by atoms with Crippen molar-refractivity contribution in [2.24, 2.45) is 5.73 Å². The van der Waals surface area contributed by atoms with Crippen LogP contribution in [0.15, 0.2) is 22.7 Å². The minimum atomic E-state index is -1.82. The molecule has 0 aliphatic carbocycles. The first-order chi connectivity index (χ1) is 9.36. The standard InChI is InChI=1S/C11H13BrN2.C2H2O4/c1-7-9(4-5-13)10-6-8(12)2-3-11(10)14-7;3-1(4)2(5)6/h2-3,6,14H,4-5,13H2,1H3;(H,3,4)(H,5,6). The second kappa shape index (κ2) is 7.06. The first-order valence-corrected chi connectivity index (χ1v) is 6.59. The lowest BCUT2D eigenvalue weighted by atomic mass is 10.1. The van der Waals surface area contributed by atoms with Gasteiger partial charge >= 0.3 is 11.9 Å². The van der Waals surface area contributed by atoms with Crippen molar-refractivity contribution in [2.75, 3.05) is 6.54 Å². The van der Waals surface area contributed by atoms with E-state index in [2.05, 4.69) is 40.0 Å². The summed E-state index contributed by atoms with van der Waals surface area (Å²) in [4.78, 5) is 21.6. The lowest BCUT2D eigenvalue weighted by Crippen LogP contribution is -2.09. The molecule has 5 N–H and O–H groups in total. The predicted molar refractivity (Wildman–Crippen MR) is 78.8 cm³/mol. The zero-order valence-electron chi connectivity index (χ0n) is 10.8. The Kier molecular flexibility index (Phi) is 5.72. The second-order valence-electron chi connectivity index (χ2n) is 4.07. The second-order valence-corrected chi connectivity index (χ2v) is 4.98. The molecule has 0 amide bonds. The van der Waals surface area contributed by atoms with Gasteiger partial charge in [0.25, 0.3) is 0 Å². The number of nitrogens with one attached hydrogen (secondary N) is 1. The molecule has 0 radical (unpaired) electrons. The Morgan fingerprint density at radius 2 is 1.90 bits per heavy atom. The van der Waals surface area contributed by atoms with Gasteiger partial charge in [-0.3, -0.25) is 0 Å². The van der Waals surface area contributed by atoms with E-state index in [-0.39, 0.29) is 0 Å². The SMILES string of the molecule is Cc1[nH]c2ccc(Br)cc2c1CCN.O=C(O)C(=O)O. The first kappa shape index (κ1) is 16.2. The summed E-state index contributed by atoms with van der Waals surface area (Å²) in [5.41, 5.74) is 9.34. The van der Waals surface area contributed by atoms with Crippen LogP contribution in [0.5, 0.6) is 0 Å². The number of halogens is 1. The van der Waals surface area contributed by atoms with Crippen LogP contribution in [-0.2, 0) is 16.0 Å². The van der Waals surface area contributed by atoms with Gasteiger partial charge in [0.15, 0.2) is 0 Å². The molecular formula is C13H15BrN2O4. The summed E-state index contributed by atoms with van der Waals surface area (Å²) >= 11 is 3.48. The highest BCUT2D eigenvalue weighted by molar-refractivity contribution is 9.10. The van der Waals surface area contributed by atoms with E-state index in [1.165, 1.54) is 22.2 Å². The Labute approximate surface area is 123 Å². The van der Waals surface area contributed by atoms with Crippen molar-refractivity contribution in [2.45, 2.75) is 13.3 Å². The largest absolute Gasteiger partial charge is 0.473 e. The highest BCUT2D eigenvalue weighted by Gasteiger charge is 2.07. The van der Waals surface area contributed by atoms with Crippen molar-refractivity contribution in [3.8, 4) is 0 Å². The van der Waals surface area contributed by atoms with Gasteiger partial charge in [0.2, 0.25) is 0 Å².